The van der Waals surface area contributed by atoms with Crippen LogP contribution in [-0.2, 0) is 11.2 Å². The van der Waals surface area contributed by atoms with Gasteiger partial charge in [-0.15, -0.1) is 0 Å². The summed E-state index contributed by atoms with van der Waals surface area (Å²) in [5.41, 5.74) is 3.90. The molecule has 1 aliphatic rings. The molecule has 0 atom stereocenters. The Kier molecular flexibility index (Phi) is 5.23. The van der Waals surface area contributed by atoms with Crippen molar-refractivity contribution in [2.75, 3.05) is 18.1 Å². The van der Waals surface area contributed by atoms with Crippen LogP contribution >= 0.6 is 0 Å². The number of anilines is 1. The molecule has 0 saturated heterocycles. The largest absolute Gasteiger partial charge is 0.484 e. The number of carbonyl (C=O) groups is 1. The number of benzene rings is 3. The Labute approximate surface area is 185 Å². The highest BCUT2D eigenvalue weighted by Crippen LogP contribution is 2.28. The Hall–Kier alpha value is -3.86. The van der Waals surface area contributed by atoms with Crippen LogP contribution in [0.4, 0.5) is 5.69 Å². The molecule has 4 aromatic rings. The highest BCUT2D eigenvalue weighted by Gasteiger charge is 2.22. The van der Waals surface area contributed by atoms with Crippen LogP contribution < -0.4 is 15.1 Å². The predicted molar refractivity (Wildman–Crippen MR) is 125 cm³/mol. The zero-order chi connectivity index (χ0) is 22.1. The molecule has 1 amide bonds. The van der Waals surface area contributed by atoms with Gasteiger partial charge in [0, 0.05) is 18.3 Å². The van der Waals surface area contributed by atoms with E-state index in [0.717, 1.165) is 24.1 Å². The van der Waals surface area contributed by atoms with E-state index in [9.17, 15) is 9.59 Å². The van der Waals surface area contributed by atoms with Gasteiger partial charge < -0.3 is 14.1 Å². The molecule has 0 aliphatic carbocycles. The number of hydrogen-bond acceptors (Lipinski definition) is 4. The van der Waals surface area contributed by atoms with Gasteiger partial charge >= 0.3 is 0 Å². The molecule has 0 saturated carbocycles. The Morgan fingerprint density at radius 2 is 1.81 bits per heavy atom. The molecule has 3 aromatic carbocycles. The highest BCUT2D eigenvalue weighted by molar-refractivity contribution is 5.95. The first-order valence-electron chi connectivity index (χ1n) is 10.8. The molecule has 1 aliphatic heterocycles. The van der Waals surface area contributed by atoms with Crippen LogP contribution in [0, 0.1) is 6.92 Å². The second kappa shape index (κ2) is 8.35. The summed E-state index contributed by atoms with van der Waals surface area (Å²) in [7, 11) is 0. The molecule has 0 unspecified atom stereocenters. The average Bonchev–Trinajstić information content (AvgIpc) is 2.82. The molecule has 32 heavy (non-hydrogen) atoms. The van der Waals surface area contributed by atoms with Crippen LogP contribution in [0.3, 0.4) is 0 Å². The summed E-state index contributed by atoms with van der Waals surface area (Å²) in [4.78, 5) is 27.7. The van der Waals surface area contributed by atoms with Gasteiger partial charge in [-0.3, -0.25) is 9.59 Å². The average molecular weight is 425 g/mol. The number of ether oxygens (including phenoxy) is 1. The number of amides is 1. The van der Waals surface area contributed by atoms with Crippen LogP contribution in [0.5, 0.6) is 5.75 Å². The number of carbonyl (C=O) groups excluding carboxylic acids is 1. The maximum Gasteiger partial charge on any atom is 0.264 e. The van der Waals surface area contributed by atoms with Crippen molar-refractivity contribution in [1.29, 1.82) is 0 Å². The maximum absolute atomic E-state index is 13.1. The van der Waals surface area contributed by atoms with Crippen molar-refractivity contribution >= 4 is 22.6 Å². The Morgan fingerprint density at radius 3 is 2.66 bits per heavy atom. The topological polar surface area (TPSA) is 59.8 Å². The summed E-state index contributed by atoms with van der Waals surface area (Å²) >= 11 is 0. The first-order valence-corrected chi connectivity index (χ1v) is 10.8. The van der Waals surface area contributed by atoms with Gasteiger partial charge in [-0.2, -0.15) is 0 Å². The van der Waals surface area contributed by atoms with Crippen molar-refractivity contribution in [3.63, 3.8) is 0 Å². The summed E-state index contributed by atoms with van der Waals surface area (Å²) in [5.74, 6) is 0.951. The smallest absolute Gasteiger partial charge is 0.264 e. The van der Waals surface area contributed by atoms with Crippen molar-refractivity contribution in [3.8, 4) is 16.9 Å². The molecule has 0 fully saturated rings. The van der Waals surface area contributed by atoms with Crippen molar-refractivity contribution < 1.29 is 13.9 Å². The lowest BCUT2D eigenvalue weighted by atomic mass is 10.0. The normalized spacial score (nSPS) is 13.1. The van der Waals surface area contributed by atoms with E-state index < -0.39 is 0 Å². The lowest BCUT2D eigenvalue weighted by Crippen LogP contribution is -2.38. The van der Waals surface area contributed by atoms with Crippen molar-refractivity contribution in [1.82, 2.24) is 0 Å². The van der Waals surface area contributed by atoms with Gasteiger partial charge in [0.05, 0.1) is 10.9 Å². The Morgan fingerprint density at radius 1 is 1.03 bits per heavy atom. The molecular weight excluding hydrogens is 402 g/mol. The van der Waals surface area contributed by atoms with E-state index in [0.29, 0.717) is 34.6 Å². The molecule has 1 aromatic heterocycles. The number of aryl methyl sites for hydroxylation is 2. The third kappa shape index (κ3) is 3.66. The number of nitrogens with zero attached hydrogens (tertiary/aromatic N) is 1. The summed E-state index contributed by atoms with van der Waals surface area (Å²) in [6.45, 7) is 2.40. The fourth-order valence-corrected chi connectivity index (χ4v) is 4.33. The molecule has 0 bridgehead atoms. The van der Waals surface area contributed by atoms with Gasteiger partial charge in [0.1, 0.15) is 17.1 Å². The minimum absolute atomic E-state index is 0.0782. The molecule has 5 nitrogen and oxygen atoms in total. The van der Waals surface area contributed by atoms with Gasteiger partial charge in [-0.25, -0.2) is 0 Å². The third-order valence-electron chi connectivity index (χ3n) is 5.88. The predicted octanol–water partition coefficient (Wildman–Crippen LogP) is 5.13. The number of para-hydroxylation sites is 1. The first kappa shape index (κ1) is 20.1. The van der Waals surface area contributed by atoms with E-state index in [-0.39, 0.29) is 17.9 Å². The number of fused-ring (bicyclic) bond motifs is 2. The van der Waals surface area contributed by atoms with E-state index in [2.05, 4.69) is 6.07 Å². The standard InChI is InChI=1S/C27H23NO4/c1-18-26(20-9-3-2-4-10-20)27(30)22-14-13-21(16-24(22)32-18)31-17-25(29)28-15-7-11-19-8-5-6-12-23(19)28/h2-6,8-10,12-14,16H,7,11,15,17H2,1H3. The zero-order valence-electron chi connectivity index (χ0n) is 17.8. The number of hydrogen-bond donors (Lipinski definition) is 0. The van der Waals surface area contributed by atoms with Gasteiger partial charge in [0.2, 0.25) is 5.43 Å². The second-order valence-electron chi connectivity index (χ2n) is 7.95. The van der Waals surface area contributed by atoms with Crippen LogP contribution in [0.15, 0.2) is 82.0 Å². The summed E-state index contributed by atoms with van der Waals surface area (Å²) < 4.78 is 11.7. The monoisotopic (exact) mass is 425 g/mol. The van der Waals surface area contributed by atoms with Crippen LogP contribution in [0.1, 0.15) is 17.7 Å². The molecular formula is C27H23NO4. The van der Waals surface area contributed by atoms with Crippen LogP contribution in [-0.4, -0.2) is 19.1 Å². The molecule has 0 N–H and O–H groups in total. The maximum atomic E-state index is 13.1. The van der Waals surface area contributed by atoms with Gasteiger partial charge in [0.25, 0.3) is 5.91 Å². The lowest BCUT2D eigenvalue weighted by molar-refractivity contribution is -0.120. The van der Waals surface area contributed by atoms with Gasteiger partial charge in [-0.05, 0) is 49.1 Å². The molecule has 5 heteroatoms. The van der Waals surface area contributed by atoms with E-state index in [1.54, 1.807) is 30.0 Å². The van der Waals surface area contributed by atoms with Crippen LogP contribution in [0.2, 0.25) is 0 Å². The van der Waals surface area contributed by atoms with E-state index in [1.807, 2.05) is 48.5 Å². The fourth-order valence-electron chi connectivity index (χ4n) is 4.33. The second-order valence-corrected chi connectivity index (χ2v) is 7.95. The molecule has 0 radical (unpaired) electrons. The van der Waals surface area contributed by atoms with E-state index in [1.165, 1.54) is 5.56 Å². The van der Waals surface area contributed by atoms with E-state index in [4.69, 9.17) is 9.15 Å². The quantitative estimate of drug-likeness (QED) is 0.455. The van der Waals surface area contributed by atoms with Crippen molar-refractivity contribution in [2.24, 2.45) is 0 Å². The zero-order valence-corrected chi connectivity index (χ0v) is 17.8. The summed E-state index contributed by atoms with van der Waals surface area (Å²) in [6, 6.07) is 22.6. The minimum Gasteiger partial charge on any atom is -0.484 e. The number of rotatable bonds is 4. The molecule has 0 spiro atoms. The van der Waals surface area contributed by atoms with Crippen molar-refractivity contribution in [3.05, 3.63) is 94.3 Å². The first-order chi connectivity index (χ1) is 15.6. The van der Waals surface area contributed by atoms with Crippen molar-refractivity contribution in [2.45, 2.75) is 19.8 Å². The fraction of sp³-hybridized carbons (Fsp3) is 0.185. The molecule has 5 rings (SSSR count). The SMILES string of the molecule is Cc1oc2cc(OCC(=O)N3CCCc4ccccc43)ccc2c(=O)c1-c1ccccc1. The van der Waals surface area contributed by atoms with Gasteiger partial charge in [-0.1, -0.05) is 48.5 Å². The highest BCUT2D eigenvalue weighted by atomic mass is 16.5. The van der Waals surface area contributed by atoms with Crippen LogP contribution in [0.25, 0.3) is 22.1 Å². The summed E-state index contributed by atoms with van der Waals surface area (Å²) in [5, 5.41) is 0.484. The third-order valence-corrected chi connectivity index (χ3v) is 5.88. The van der Waals surface area contributed by atoms with E-state index >= 15 is 0 Å². The Bertz CT molecular complexity index is 1360. The lowest BCUT2D eigenvalue weighted by Gasteiger charge is -2.29. The van der Waals surface area contributed by atoms with Gasteiger partial charge in [0.15, 0.2) is 6.61 Å². The molecule has 2 heterocycles. The minimum atomic E-state index is -0.0886. The molecule has 160 valence electrons. The summed E-state index contributed by atoms with van der Waals surface area (Å²) in [6.07, 6.45) is 1.92. The Balaban J connectivity index is 1.38.